The molecule has 1 aromatic heterocycles. The maximum Gasteiger partial charge on any atom is 0.252 e. The molecule has 1 atom stereocenters. The summed E-state index contributed by atoms with van der Waals surface area (Å²) in [4.78, 5) is 12.4. The zero-order chi connectivity index (χ0) is 19.3. The minimum absolute atomic E-state index is 0.109. The summed E-state index contributed by atoms with van der Waals surface area (Å²) < 4.78 is 27.6. The van der Waals surface area contributed by atoms with E-state index in [1.54, 1.807) is 17.5 Å². The molecule has 1 unspecified atom stereocenters. The molecule has 1 amide bonds. The topological polar surface area (TPSA) is 66.5 Å². The van der Waals surface area contributed by atoms with Gasteiger partial charge in [-0.15, -0.1) is 11.3 Å². The van der Waals surface area contributed by atoms with Crippen molar-refractivity contribution in [3.63, 3.8) is 0 Å². The van der Waals surface area contributed by atoms with Crippen LogP contribution in [0.2, 0.25) is 5.02 Å². The van der Waals surface area contributed by atoms with Crippen LogP contribution in [-0.4, -0.2) is 37.8 Å². The van der Waals surface area contributed by atoms with Crippen LogP contribution in [0.3, 0.4) is 0 Å². The second kappa shape index (κ2) is 9.19. The van der Waals surface area contributed by atoms with Crippen molar-refractivity contribution in [1.82, 2.24) is 9.62 Å². The van der Waals surface area contributed by atoms with Gasteiger partial charge < -0.3 is 5.32 Å². The van der Waals surface area contributed by atoms with Crippen molar-refractivity contribution in [3.05, 3.63) is 52.4 Å². The number of hydrogen-bond donors (Lipinski definition) is 1. The molecule has 0 saturated carbocycles. The Bertz CT molecular complexity index is 852. The van der Waals surface area contributed by atoms with Gasteiger partial charge in [-0.05, 0) is 48.4 Å². The molecule has 1 fully saturated rings. The summed E-state index contributed by atoms with van der Waals surface area (Å²) in [5.74, 6) is -0.109. The van der Waals surface area contributed by atoms with E-state index in [1.807, 2.05) is 24.3 Å². The number of carbonyl (C=O) groups is 1. The second-order valence-corrected chi connectivity index (χ2v) is 10.1. The van der Waals surface area contributed by atoms with Gasteiger partial charge >= 0.3 is 0 Å². The van der Waals surface area contributed by atoms with Crippen molar-refractivity contribution in [2.24, 2.45) is 0 Å². The fraction of sp³-hybridized carbons (Fsp3) is 0.421. The Kier molecular flexibility index (Phi) is 6.92. The highest BCUT2D eigenvalue weighted by atomic mass is 35.5. The molecule has 1 saturated heterocycles. The maximum atomic E-state index is 12.9. The monoisotopic (exact) mass is 426 g/mol. The van der Waals surface area contributed by atoms with Crippen LogP contribution in [0, 0.1) is 0 Å². The molecule has 1 aliphatic heterocycles. The van der Waals surface area contributed by atoms with Gasteiger partial charge in [0.2, 0.25) is 5.91 Å². The summed E-state index contributed by atoms with van der Waals surface area (Å²) in [6.45, 7) is 0.994. The molecular weight excluding hydrogens is 404 g/mol. The first kappa shape index (κ1) is 20.3. The summed E-state index contributed by atoms with van der Waals surface area (Å²) in [5.41, 5.74) is 1.10. The van der Waals surface area contributed by atoms with E-state index in [4.69, 9.17) is 11.6 Å². The molecule has 27 heavy (non-hydrogen) atoms. The highest BCUT2D eigenvalue weighted by molar-refractivity contribution is 7.91. The lowest BCUT2D eigenvalue weighted by atomic mass is 10.0. The van der Waals surface area contributed by atoms with Crippen molar-refractivity contribution in [3.8, 4) is 0 Å². The van der Waals surface area contributed by atoms with Crippen molar-refractivity contribution in [1.29, 1.82) is 0 Å². The number of carbonyl (C=O) groups excluding carboxylic acids is 1. The standard InChI is InChI=1S/C19H23ClN2O3S2/c20-16-8-6-15(7-9-16)10-11-21-18(23)14-17-4-1-2-12-22(17)27(24,25)19-5-3-13-26-19/h3,5-9,13,17H,1-2,4,10-12,14H2,(H,21,23). The van der Waals surface area contributed by atoms with Crippen LogP contribution >= 0.6 is 22.9 Å². The molecule has 1 aromatic carbocycles. The summed E-state index contributed by atoms with van der Waals surface area (Å²) in [5, 5.41) is 5.36. The molecule has 2 heterocycles. The van der Waals surface area contributed by atoms with Gasteiger partial charge in [-0.25, -0.2) is 8.42 Å². The lowest BCUT2D eigenvalue weighted by Crippen LogP contribution is -2.45. The zero-order valence-corrected chi connectivity index (χ0v) is 17.3. The van der Waals surface area contributed by atoms with Crippen LogP contribution in [0.25, 0.3) is 0 Å². The maximum absolute atomic E-state index is 12.9. The van der Waals surface area contributed by atoms with Crippen LogP contribution in [-0.2, 0) is 21.2 Å². The van der Waals surface area contributed by atoms with Crippen molar-refractivity contribution in [2.75, 3.05) is 13.1 Å². The minimum Gasteiger partial charge on any atom is -0.356 e. The number of rotatable bonds is 7. The fourth-order valence-corrected chi connectivity index (χ4v) is 6.24. The molecule has 5 nitrogen and oxygen atoms in total. The van der Waals surface area contributed by atoms with Gasteiger partial charge in [0.05, 0.1) is 0 Å². The van der Waals surface area contributed by atoms with Gasteiger partial charge in [-0.3, -0.25) is 4.79 Å². The average molecular weight is 427 g/mol. The lowest BCUT2D eigenvalue weighted by Gasteiger charge is -2.34. The summed E-state index contributed by atoms with van der Waals surface area (Å²) >= 11 is 7.09. The Morgan fingerprint density at radius 1 is 1.22 bits per heavy atom. The Balaban J connectivity index is 1.56. The van der Waals surface area contributed by atoms with E-state index >= 15 is 0 Å². The molecule has 1 aliphatic rings. The molecule has 1 N–H and O–H groups in total. The number of nitrogens with one attached hydrogen (secondary N) is 1. The molecule has 2 aromatic rings. The van der Waals surface area contributed by atoms with E-state index in [2.05, 4.69) is 5.32 Å². The van der Waals surface area contributed by atoms with Crippen molar-refractivity contribution in [2.45, 2.75) is 42.4 Å². The van der Waals surface area contributed by atoms with E-state index < -0.39 is 10.0 Å². The van der Waals surface area contributed by atoms with E-state index in [0.29, 0.717) is 28.7 Å². The number of thiophene rings is 1. The van der Waals surface area contributed by atoms with E-state index in [9.17, 15) is 13.2 Å². The molecule has 8 heteroatoms. The van der Waals surface area contributed by atoms with Gasteiger partial charge in [-0.2, -0.15) is 4.31 Å². The SMILES string of the molecule is O=C(CC1CCCCN1S(=O)(=O)c1cccs1)NCCc1ccc(Cl)cc1. The molecular formula is C19H23ClN2O3S2. The van der Waals surface area contributed by atoms with Gasteiger partial charge in [0.15, 0.2) is 0 Å². The normalized spacial score (nSPS) is 18.3. The number of benzene rings is 1. The Morgan fingerprint density at radius 3 is 2.70 bits per heavy atom. The highest BCUT2D eigenvalue weighted by Gasteiger charge is 2.35. The summed E-state index contributed by atoms with van der Waals surface area (Å²) in [6.07, 6.45) is 3.41. The first-order valence-corrected chi connectivity index (χ1v) is 11.7. The zero-order valence-electron chi connectivity index (χ0n) is 14.9. The Morgan fingerprint density at radius 2 is 2.00 bits per heavy atom. The van der Waals surface area contributed by atoms with Gasteiger partial charge in [-0.1, -0.05) is 36.2 Å². The third-order valence-corrected chi connectivity index (χ3v) is 8.28. The third kappa shape index (κ3) is 5.31. The molecule has 0 aliphatic carbocycles. The molecule has 0 bridgehead atoms. The number of hydrogen-bond acceptors (Lipinski definition) is 4. The number of nitrogens with zero attached hydrogens (tertiary/aromatic N) is 1. The minimum atomic E-state index is -3.52. The predicted octanol–water partition coefficient (Wildman–Crippen LogP) is 3.69. The van der Waals surface area contributed by atoms with Crippen LogP contribution in [0.4, 0.5) is 0 Å². The predicted molar refractivity (Wildman–Crippen MR) is 109 cm³/mol. The van der Waals surface area contributed by atoms with E-state index in [-0.39, 0.29) is 18.4 Å². The van der Waals surface area contributed by atoms with Crippen molar-refractivity contribution >= 4 is 38.9 Å². The second-order valence-electron chi connectivity index (χ2n) is 6.63. The number of piperidine rings is 1. The van der Waals surface area contributed by atoms with E-state index in [0.717, 1.165) is 24.8 Å². The fourth-order valence-electron chi connectivity index (χ4n) is 3.30. The van der Waals surface area contributed by atoms with Crippen LogP contribution in [0.1, 0.15) is 31.2 Å². The Hall–Kier alpha value is -1.41. The summed E-state index contributed by atoms with van der Waals surface area (Å²) in [6, 6.07) is 10.6. The highest BCUT2D eigenvalue weighted by Crippen LogP contribution is 2.29. The molecule has 146 valence electrons. The number of amides is 1. The van der Waals surface area contributed by atoms with Gasteiger partial charge in [0.1, 0.15) is 4.21 Å². The molecule has 3 rings (SSSR count). The van der Waals surface area contributed by atoms with Gasteiger partial charge in [0, 0.05) is 30.6 Å². The Labute approximate surface area is 169 Å². The quantitative estimate of drug-likeness (QED) is 0.734. The van der Waals surface area contributed by atoms with Gasteiger partial charge in [0.25, 0.3) is 10.0 Å². The molecule has 0 spiro atoms. The number of sulfonamides is 1. The largest absolute Gasteiger partial charge is 0.356 e. The molecule has 0 radical (unpaired) electrons. The third-order valence-electron chi connectivity index (χ3n) is 4.70. The lowest BCUT2D eigenvalue weighted by molar-refractivity contribution is -0.122. The van der Waals surface area contributed by atoms with E-state index in [1.165, 1.54) is 15.6 Å². The van der Waals surface area contributed by atoms with Crippen LogP contribution < -0.4 is 5.32 Å². The van der Waals surface area contributed by atoms with Crippen LogP contribution in [0.5, 0.6) is 0 Å². The first-order chi connectivity index (χ1) is 13.0. The average Bonchev–Trinajstić information content (AvgIpc) is 3.19. The number of halogens is 1. The first-order valence-electron chi connectivity index (χ1n) is 9.03. The van der Waals surface area contributed by atoms with Crippen LogP contribution in [0.15, 0.2) is 46.0 Å². The van der Waals surface area contributed by atoms with Crippen molar-refractivity contribution < 1.29 is 13.2 Å². The summed E-state index contributed by atoms with van der Waals surface area (Å²) in [7, 11) is -3.52. The smallest absolute Gasteiger partial charge is 0.252 e.